The molecule has 3 aliphatic rings. The lowest BCUT2D eigenvalue weighted by molar-refractivity contribution is -0.276. The van der Waals surface area contributed by atoms with Gasteiger partial charge in [0.2, 0.25) is 5.91 Å². The van der Waals surface area contributed by atoms with E-state index in [2.05, 4.69) is 22.1 Å². The van der Waals surface area contributed by atoms with E-state index in [1.54, 1.807) is 24.3 Å². The summed E-state index contributed by atoms with van der Waals surface area (Å²) in [6.45, 7) is 4.11. The summed E-state index contributed by atoms with van der Waals surface area (Å²) >= 11 is 0. The van der Waals surface area contributed by atoms with Gasteiger partial charge in [-0.1, -0.05) is 55.5 Å². The molecular formula is C38H42F3N5O6. The second kappa shape index (κ2) is 14.9. The van der Waals surface area contributed by atoms with E-state index in [1.807, 2.05) is 53.1 Å². The zero-order valence-electron chi connectivity index (χ0n) is 28.7. The highest BCUT2D eigenvalue weighted by atomic mass is 19.4. The smallest absolute Gasteiger partial charge is 0.392 e. The summed E-state index contributed by atoms with van der Waals surface area (Å²) in [6, 6.07) is 21.0. The normalized spacial score (nSPS) is 24.7. The van der Waals surface area contributed by atoms with Crippen LogP contribution in [0.15, 0.2) is 77.6 Å². The monoisotopic (exact) mass is 721 g/mol. The maximum absolute atomic E-state index is 13.1. The number of piperidine rings is 1. The largest absolute Gasteiger partial charge is 0.471 e. The molecule has 3 aromatic carbocycles. The average Bonchev–Trinajstić information content (AvgIpc) is 3.77. The Bertz CT molecular complexity index is 1940. The molecule has 0 radical (unpaired) electrons. The Kier molecular flexibility index (Phi) is 10.3. The molecule has 52 heavy (non-hydrogen) atoms. The number of likely N-dealkylation sites (tertiary alicyclic amines) is 2. The van der Waals surface area contributed by atoms with E-state index in [1.165, 1.54) is 0 Å². The lowest BCUT2D eigenvalue weighted by atomic mass is 9.89. The van der Waals surface area contributed by atoms with E-state index in [0.29, 0.717) is 29.1 Å². The van der Waals surface area contributed by atoms with Crippen molar-refractivity contribution >= 4 is 28.5 Å². The first-order valence-electron chi connectivity index (χ1n) is 17.7. The Balaban J connectivity index is 1.05. The highest BCUT2D eigenvalue weighted by Crippen LogP contribution is 2.42. The van der Waals surface area contributed by atoms with Crippen LogP contribution in [0.4, 0.5) is 18.9 Å². The van der Waals surface area contributed by atoms with Crippen LogP contribution in [0.1, 0.15) is 67.7 Å². The lowest BCUT2D eigenvalue weighted by Gasteiger charge is -2.44. The van der Waals surface area contributed by atoms with Crippen LogP contribution >= 0.6 is 0 Å². The topological polar surface area (TPSA) is 129 Å². The third kappa shape index (κ3) is 7.38. The van der Waals surface area contributed by atoms with Gasteiger partial charge in [0.05, 0.1) is 29.8 Å². The Morgan fingerprint density at radius 1 is 0.923 bits per heavy atom. The van der Waals surface area contributed by atoms with Crippen LogP contribution in [0.5, 0.6) is 0 Å². The SMILES string of the molecule is C[C@@H]1[C@H](CN2CCC(n3c(=O)[nH]c4ccccc43)CC2)O[C@H](c2ccc(NC(=O)[C@@H]3CCCN3C(=O)C(F)(F)F)cc2)O[C@@H]1c1ccc(CO)cc1. The number of H-pyrrole nitrogens is 1. The van der Waals surface area contributed by atoms with Crippen LogP contribution in [0, 0.1) is 5.92 Å². The lowest BCUT2D eigenvalue weighted by Crippen LogP contribution is -2.48. The number of carbonyl (C=O) groups excluding carboxylic acids is 2. The maximum atomic E-state index is 13.1. The number of anilines is 1. The molecule has 14 heteroatoms. The fourth-order valence-corrected chi connectivity index (χ4v) is 7.77. The van der Waals surface area contributed by atoms with Gasteiger partial charge in [0, 0.05) is 49.4 Å². The molecule has 0 aliphatic carbocycles. The second-order valence-electron chi connectivity index (χ2n) is 13.9. The van der Waals surface area contributed by atoms with E-state index in [4.69, 9.17) is 9.47 Å². The quantitative estimate of drug-likeness (QED) is 0.221. The van der Waals surface area contributed by atoms with Crippen molar-refractivity contribution in [3.05, 3.63) is 100.0 Å². The molecule has 0 bridgehead atoms. The number of fused-ring (bicyclic) bond motifs is 1. The van der Waals surface area contributed by atoms with E-state index in [0.717, 1.165) is 48.1 Å². The molecule has 7 rings (SSSR count). The number of ether oxygens (including phenoxy) is 2. The molecule has 11 nitrogen and oxygen atoms in total. The number of alkyl halides is 3. The summed E-state index contributed by atoms with van der Waals surface area (Å²) in [7, 11) is 0. The molecule has 0 unspecified atom stereocenters. The number of rotatable bonds is 8. The molecule has 3 saturated heterocycles. The highest BCUT2D eigenvalue weighted by molar-refractivity contribution is 5.98. The molecule has 3 N–H and O–H groups in total. The molecular weight excluding hydrogens is 679 g/mol. The number of halogens is 3. The fourth-order valence-electron chi connectivity index (χ4n) is 7.77. The number of aliphatic hydroxyl groups excluding tert-OH is 1. The summed E-state index contributed by atoms with van der Waals surface area (Å²) < 4.78 is 54.4. The summed E-state index contributed by atoms with van der Waals surface area (Å²) in [5, 5.41) is 12.3. The average molecular weight is 722 g/mol. The minimum absolute atomic E-state index is 0.0440. The van der Waals surface area contributed by atoms with Crippen LogP contribution < -0.4 is 11.0 Å². The minimum atomic E-state index is -5.05. The van der Waals surface area contributed by atoms with Gasteiger partial charge >= 0.3 is 17.8 Å². The summed E-state index contributed by atoms with van der Waals surface area (Å²) in [4.78, 5) is 43.6. The predicted octanol–water partition coefficient (Wildman–Crippen LogP) is 5.44. The van der Waals surface area contributed by atoms with Crippen molar-refractivity contribution in [1.29, 1.82) is 0 Å². The van der Waals surface area contributed by atoms with E-state index in [9.17, 15) is 32.7 Å². The number of nitrogens with zero attached hydrogens (tertiary/aromatic N) is 3. The molecule has 0 spiro atoms. The molecule has 0 saturated carbocycles. The third-order valence-electron chi connectivity index (χ3n) is 10.6. The Hall–Kier alpha value is -4.50. The van der Waals surface area contributed by atoms with Crippen LogP contribution in [0.25, 0.3) is 11.0 Å². The number of hydrogen-bond acceptors (Lipinski definition) is 7. The standard InChI is InChI=1S/C38H42F3N5O6/c1-23-32(21-44-19-16-28(17-20-44)46-30-6-3-2-5-29(30)43-37(46)50)51-35(52-33(23)25-10-8-24(22-47)9-11-25)26-12-14-27(15-13-26)42-34(48)31-7-4-18-45(31)36(49)38(39,40)41/h2-3,5-6,8-15,23,28,31-33,35,47H,4,7,16-22H2,1H3,(H,42,48)(H,43,50)/t23-,31+,32+,33+,35+/m1/s1. The van der Waals surface area contributed by atoms with Gasteiger partial charge in [-0.2, -0.15) is 13.2 Å². The Morgan fingerprint density at radius 2 is 1.62 bits per heavy atom. The first kappa shape index (κ1) is 35.9. The summed E-state index contributed by atoms with van der Waals surface area (Å²) in [6.07, 6.45) is -4.30. The number of benzene rings is 3. The van der Waals surface area contributed by atoms with Gasteiger partial charge in [0.15, 0.2) is 6.29 Å². The van der Waals surface area contributed by atoms with Gasteiger partial charge in [-0.15, -0.1) is 0 Å². The Morgan fingerprint density at radius 3 is 2.31 bits per heavy atom. The number of para-hydroxylation sites is 2. The van der Waals surface area contributed by atoms with E-state index in [-0.39, 0.29) is 49.4 Å². The molecule has 5 atom stereocenters. The molecule has 276 valence electrons. The van der Waals surface area contributed by atoms with Crippen LogP contribution in [-0.4, -0.2) is 80.8 Å². The van der Waals surface area contributed by atoms with Crippen LogP contribution in [-0.2, 0) is 25.7 Å². The van der Waals surface area contributed by atoms with Crippen molar-refractivity contribution in [3.8, 4) is 0 Å². The zero-order chi connectivity index (χ0) is 36.6. The van der Waals surface area contributed by atoms with Crippen LogP contribution in [0.2, 0.25) is 0 Å². The summed E-state index contributed by atoms with van der Waals surface area (Å²) in [5.74, 6) is -2.73. The van der Waals surface area contributed by atoms with Crippen molar-refractivity contribution in [2.24, 2.45) is 5.92 Å². The van der Waals surface area contributed by atoms with Gasteiger partial charge in [-0.25, -0.2) is 4.79 Å². The number of amides is 2. The van der Waals surface area contributed by atoms with Crippen molar-refractivity contribution in [3.63, 3.8) is 0 Å². The molecule has 4 heterocycles. The van der Waals surface area contributed by atoms with Gasteiger partial charge in [-0.05, 0) is 61.1 Å². The predicted molar refractivity (Wildman–Crippen MR) is 186 cm³/mol. The van der Waals surface area contributed by atoms with Crippen molar-refractivity contribution in [2.45, 2.75) is 76.0 Å². The van der Waals surface area contributed by atoms with Gasteiger partial charge in [-0.3, -0.25) is 14.2 Å². The number of imidazole rings is 1. The van der Waals surface area contributed by atoms with Gasteiger partial charge < -0.3 is 34.7 Å². The number of hydrogen-bond donors (Lipinski definition) is 3. The minimum Gasteiger partial charge on any atom is -0.392 e. The zero-order valence-corrected chi connectivity index (χ0v) is 28.7. The van der Waals surface area contributed by atoms with Crippen molar-refractivity contribution in [1.82, 2.24) is 19.4 Å². The fraction of sp³-hybridized carbons (Fsp3) is 0.447. The molecule has 1 aromatic heterocycles. The third-order valence-corrected chi connectivity index (χ3v) is 10.6. The number of aliphatic hydroxyl groups is 1. The first-order valence-corrected chi connectivity index (χ1v) is 17.7. The first-order chi connectivity index (χ1) is 25.0. The van der Waals surface area contributed by atoms with Crippen molar-refractivity contribution < 1.29 is 37.3 Å². The maximum Gasteiger partial charge on any atom is 0.471 e. The van der Waals surface area contributed by atoms with Gasteiger partial charge in [0.25, 0.3) is 0 Å². The number of carbonyl (C=O) groups is 2. The van der Waals surface area contributed by atoms with Crippen LogP contribution in [0.3, 0.4) is 0 Å². The number of aromatic nitrogens is 2. The summed E-state index contributed by atoms with van der Waals surface area (Å²) in [5.41, 5.74) is 4.44. The molecule has 4 aromatic rings. The van der Waals surface area contributed by atoms with Gasteiger partial charge in [0.1, 0.15) is 6.04 Å². The molecule has 2 amide bonds. The van der Waals surface area contributed by atoms with E-state index < -0.39 is 30.3 Å². The number of nitrogens with one attached hydrogen (secondary N) is 2. The highest BCUT2D eigenvalue weighted by Gasteiger charge is 2.48. The molecule has 3 aliphatic heterocycles. The van der Waals surface area contributed by atoms with E-state index >= 15 is 0 Å². The number of aromatic amines is 1. The second-order valence-corrected chi connectivity index (χ2v) is 13.9. The Labute approximate surface area is 298 Å². The molecule has 3 fully saturated rings. The van der Waals surface area contributed by atoms with Crippen molar-refractivity contribution in [2.75, 3.05) is 31.5 Å².